The van der Waals surface area contributed by atoms with Crippen LogP contribution in [0.1, 0.15) is 69.3 Å². The van der Waals surface area contributed by atoms with Gasteiger partial charge in [0.25, 0.3) is 11.8 Å². The topological polar surface area (TPSA) is 98.8 Å². The number of carbonyl (C=O) groups excluding carboxylic acids is 2. The van der Waals surface area contributed by atoms with Crippen LogP contribution < -0.4 is 10.6 Å². The monoisotopic (exact) mass is 580 g/mol. The van der Waals surface area contributed by atoms with Gasteiger partial charge in [-0.05, 0) is 61.1 Å². The van der Waals surface area contributed by atoms with Crippen molar-refractivity contribution in [1.82, 2.24) is 14.5 Å². The van der Waals surface area contributed by atoms with E-state index in [1.165, 1.54) is 29.0 Å². The molecule has 0 spiro atoms. The van der Waals surface area contributed by atoms with Crippen LogP contribution in [0, 0.1) is 0 Å². The van der Waals surface area contributed by atoms with Crippen LogP contribution in [0.2, 0.25) is 0 Å². The molecule has 3 heterocycles. The molecule has 1 fully saturated rings. The first-order valence-electron chi connectivity index (χ1n) is 13.9. The summed E-state index contributed by atoms with van der Waals surface area (Å²) in [5, 5.41) is 6.18. The second kappa shape index (κ2) is 12.2. The highest BCUT2D eigenvalue weighted by atomic mass is 32.2. The van der Waals surface area contributed by atoms with Crippen molar-refractivity contribution in [1.29, 1.82) is 0 Å². The number of sulfonamides is 1. The predicted octanol–water partition coefficient (Wildman–Crippen LogP) is 4.87. The summed E-state index contributed by atoms with van der Waals surface area (Å²) >= 11 is 1.43. The first kappa shape index (κ1) is 28.5. The smallest absolute Gasteiger partial charge is 0.256 e. The van der Waals surface area contributed by atoms with Gasteiger partial charge >= 0.3 is 0 Å². The van der Waals surface area contributed by atoms with E-state index in [-0.39, 0.29) is 22.8 Å². The summed E-state index contributed by atoms with van der Waals surface area (Å²) in [6.07, 6.45) is 4.28. The lowest BCUT2D eigenvalue weighted by Gasteiger charge is -2.34. The molecule has 1 saturated heterocycles. The van der Waals surface area contributed by atoms with Crippen molar-refractivity contribution in [2.75, 3.05) is 25.5 Å². The summed E-state index contributed by atoms with van der Waals surface area (Å²) in [6, 6.07) is 16.4. The Morgan fingerprint density at radius 3 is 2.45 bits per heavy atom. The maximum absolute atomic E-state index is 13.3. The van der Waals surface area contributed by atoms with E-state index >= 15 is 0 Å². The van der Waals surface area contributed by atoms with Crippen LogP contribution >= 0.6 is 11.3 Å². The van der Waals surface area contributed by atoms with Gasteiger partial charge in [-0.15, -0.1) is 11.3 Å². The zero-order valence-corrected chi connectivity index (χ0v) is 24.6. The zero-order valence-electron chi connectivity index (χ0n) is 23.0. The fraction of sp³-hybridized carbons (Fsp3) is 0.400. The highest BCUT2D eigenvalue weighted by molar-refractivity contribution is 7.89. The number of anilines is 1. The molecule has 2 aliphatic heterocycles. The quantitative estimate of drug-likeness (QED) is 0.396. The lowest BCUT2D eigenvalue weighted by atomic mass is 10.0. The Kier molecular flexibility index (Phi) is 8.70. The Labute approximate surface area is 240 Å². The van der Waals surface area contributed by atoms with Crippen LogP contribution in [-0.4, -0.2) is 55.6 Å². The van der Waals surface area contributed by atoms with E-state index in [1.807, 2.05) is 25.1 Å². The fourth-order valence-electron chi connectivity index (χ4n) is 5.67. The summed E-state index contributed by atoms with van der Waals surface area (Å²) in [5.41, 5.74) is 3.07. The number of rotatable bonds is 8. The number of fused-ring (bicyclic) bond motifs is 1. The van der Waals surface area contributed by atoms with E-state index in [9.17, 15) is 18.0 Å². The minimum Gasteiger partial charge on any atom is -0.355 e. The van der Waals surface area contributed by atoms with Gasteiger partial charge in [-0.2, -0.15) is 4.31 Å². The van der Waals surface area contributed by atoms with Crippen molar-refractivity contribution in [3.05, 3.63) is 81.7 Å². The highest BCUT2D eigenvalue weighted by Gasteiger charge is 2.33. The van der Waals surface area contributed by atoms with Crippen molar-refractivity contribution in [2.24, 2.45) is 0 Å². The molecular weight excluding hydrogens is 544 g/mol. The van der Waals surface area contributed by atoms with Crippen molar-refractivity contribution in [3.8, 4) is 0 Å². The van der Waals surface area contributed by atoms with Gasteiger partial charge in [0.2, 0.25) is 10.0 Å². The maximum Gasteiger partial charge on any atom is 0.256 e. The average molecular weight is 581 g/mol. The third-order valence-corrected chi connectivity index (χ3v) is 10.9. The molecule has 212 valence electrons. The normalized spacial score (nSPS) is 18.2. The second-order valence-corrected chi connectivity index (χ2v) is 13.4. The minimum atomic E-state index is -3.63. The van der Waals surface area contributed by atoms with E-state index in [2.05, 4.69) is 27.7 Å². The van der Waals surface area contributed by atoms with Crippen molar-refractivity contribution in [2.45, 2.75) is 63.1 Å². The third kappa shape index (κ3) is 5.85. The van der Waals surface area contributed by atoms with Gasteiger partial charge in [-0.3, -0.25) is 14.5 Å². The van der Waals surface area contributed by atoms with E-state index in [1.54, 1.807) is 23.5 Å². The number of nitrogens with zero attached hydrogens (tertiary/aromatic N) is 2. The molecule has 40 heavy (non-hydrogen) atoms. The number of piperidine rings is 1. The van der Waals surface area contributed by atoms with Crippen LogP contribution in [0.4, 0.5) is 5.00 Å². The van der Waals surface area contributed by atoms with Crippen LogP contribution in [0.5, 0.6) is 0 Å². The Hall–Kier alpha value is -3.05. The Morgan fingerprint density at radius 1 is 1.00 bits per heavy atom. The maximum atomic E-state index is 13.3. The average Bonchev–Trinajstić information content (AvgIpc) is 3.34. The molecule has 0 radical (unpaired) electrons. The van der Waals surface area contributed by atoms with Gasteiger partial charge in [0, 0.05) is 49.7 Å². The van der Waals surface area contributed by atoms with Crippen LogP contribution in [-0.2, 0) is 29.5 Å². The molecule has 1 unspecified atom stereocenters. The van der Waals surface area contributed by atoms with E-state index in [4.69, 9.17) is 0 Å². The second-order valence-electron chi connectivity index (χ2n) is 10.4. The molecule has 0 saturated carbocycles. The van der Waals surface area contributed by atoms with E-state index in [0.717, 1.165) is 55.6 Å². The molecule has 3 aromatic rings. The predicted molar refractivity (Wildman–Crippen MR) is 158 cm³/mol. The lowest BCUT2D eigenvalue weighted by molar-refractivity contribution is 0.0962. The molecule has 10 heteroatoms. The number of hydrogen-bond donors (Lipinski definition) is 2. The first-order valence-corrected chi connectivity index (χ1v) is 16.1. The Bertz CT molecular complexity index is 1470. The number of nitrogens with one attached hydrogen (secondary N) is 2. The van der Waals surface area contributed by atoms with Gasteiger partial charge in [0.15, 0.2) is 0 Å². The summed E-state index contributed by atoms with van der Waals surface area (Å²) in [6.45, 7) is 4.89. The van der Waals surface area contributed by atoms with Crippen molar-refractivity contribution < 1.29 is 18.0 Å². The number of carbonyl (C=O) groups is 2. The summed E-state index contributed by atoms with van der Waals surface area (Å²) < 4.78 is 28.2. The van der Waals surface area contributed by atoms with Gasteiger partial charge in [-0.1, -0.05) is 43.7 Å². The molecule has 0 bridgehead atoms. The number of amides is 2. The van der Waals surface area contributed by atoms with Crippen LogP contribution in [0.25, 0.3) is 0 Å². The minimum absolute atomic E-state index is 0.0123. The van der Waals surface area contributed by atoms with Gasteiger partial charge < -0.3 is 10.6 Å². The molecule has 1 aromatic heterocycles. The summed E-state index contributed by atoms with van der Waals surface area (Å²) in [4.78, 5) is 29.7. The lowest BCUT2D eigenvalue weighted by Crippen LogP contribution is -2.43. The van der Waals surface area contributed by atoms with Crippen LogP contribution in [0.3, 0.4) is 0 Å². The summed E-state index contributed by atoms with van der Waals surface area (Å²) in [7, 11) is -2.04. The van der Waals surface area contributed by atoms with Gasteiger partial charge in [-0.25, -0.2) is 8.42 Å². The summed E-state index contributed by atoms with van der Waals surface area (Å²) in [5.74, 6) is -0.601. The molecular formula is C30H36N4O4S2. The first-order chi connectivity index (χ1) is 19.3. The molecule has 2 N–H and O–H groups in total. The number of thiophene rings is 1. The number of hydrogen-bond acceptors (Lipinski definition) is 6. The van der Waals surface area contributed by atoms with Crippen molar-refractivity contribution >= 4 is 38.2 Å². The largest absolute Gasteiger partial charge is 0.355 e. The molecule has 2 aromatic carbocycles. The molecule has 5 rings (SSSR count). The molecule has 8 nitrogen and oxygen atoms in total. The Morgan fingerprint density at radius 2 is 1.75 bits per heavy atom. The van der Waals surface area contributed by atoms with E-state index < -0.39 is 10.0 Å². The van der Waals surface area contributed by atoms with Gasteiger partial charge in [0.05, 0.1) is 10.5 Å². The SMILES string of the molecule is CCC1CCCCN1S(=O)(=O)c1ccc(C(=O)Nc2sc3c(c2C(=O)NC)CCN(Cc2ccccc2)C3)cc1. The Balaban J connectivity index is 1.33. The standard InChI is InChI=1S/C30H36N4O4S2/c1-3-23-11-7-8-17-34(23)40(37,38)24-14-12-22(13-15-24)28(35)32-30-27(29(36)31-2)25-16-18-33(20-26(25)39-30)19-21-9-5-4-6-10-21/h4-6,9-10,12-15,23H,3,7-8,11,16-20H2,1-2H3,(H,31,36)(H,32,35). The highest BCUT2D eigenvalue weighted by Crippen LogP contribution is 2.38. The zero-order chi connectivity index (χ0) is 28.3. The molecule has 2 aliphatic rings. The van der Waals surface area contributed by atoms with Crippen molar-refractivity contribution in [3.63, 3.8) is 0 Å². The fourth-order valence-corrected chi connectivity index (χ4v) is 8.72. The molecule has 1 atom stereocenters. The molecule has 0 aliphatic carbocycles. The van der Waals surface area contributed by atoms with Gasteiger partial charge in [0.1, 0.15) is 5.00 Å². The molecule has 2 amide bonds. The number of benzene rings is 2. The van der Waals surface area contributed by atoms with E-state index in [0.29, 0.717) is 29.2 Å². The van der Waals surface area contributed by atoms with Crippen LogP contribution in [0.15, 0.2) is 59.5 Å². The third-order valence-electron chi connectivity index (χ3n) is 7.83.